The van der Waals surface area contributed by atoms with Crippen LogP contribution in [-0.4, -0.2) is 21.9 Å². The number of hydrogen-bond donors (Lipinski definition) is 2. The van der Waals surface area contributed by atoms with Crippen molar-refractivity contribution >= 4 is 23.3 Å². The Morgan fingerprint density at radius 3 is 2.48 bits per heavy atom. The minimum atomic E-state index is -4.58. The highest BCUT2D eigenvalue weighted by atomic mass is 35.5. The fourth-order valence-electron chi connectivity index (χ4n) is 3.51. The summed E-state index contributed by atoms with van der Waals surface area (Å²) in [7, 11) is 0. The number of amides is 1. The maximum Gasteiger partial charge on any atom is 0.410 e. The first-order valence-corrected chi connectivity index (χ1v) is 9.80. The molecule has 2 aromatic carbocycles. The summed E-state index contributed by atoms with van der Waals surface area (Å²) in [6, 6.07) is 11.6. The van der Waals surface area contributed by atoms with Gasteiger partial charge in [0.15, 0.2) is 11.7 Å². The number of nitrogens with one attached hydrogen (secondary N) is 2. The van der Waals surface area contributed by atoms with E-state index in [2.05, 4.69) is 15.7 Å². The van der Waals surface area contributed by atoms with Gasteiger partial charge in [-0.25, -0.2) is 9.07 Å². The Morgan fingerprint density at radius 2 is 1.84 bits per heavy atom. The van der Waals surface area contributed by atoms with Crippen molar-refractivity contribution in [1.29, 1.82) is 0 Å². The Morgan fingerprint density at radius 1 is 1.16 bits per heavy atom. The second-order valence-corrected chi connectivity index (χ2v) is 7.54. The Hall–Kier alpha value is -3.07. The quantitative estimate of drug-likeness (QED) is 0.530. The molecule has 0 saturated heterocycles. The van der Waals surface area contributed by atoms with Gasteiger partial charge in [-0.1, -0.05) is 54.1 Å². The van der Waals surface area contributed by atoms with Gasteiger partial charge in [0.05, 0.1) is 6.04 Å². The van der Waals surface area contributed by atoms with E-state index in [1.165, 1.54) is 24.3 Å². The highest BCUT2D eigenvalue weighted by Gasteiger charge is 2.47. The number of benzene rings is 2. The zero-order chi connectivity index (χ0) is 22.2. The molecule has 162 valence electrons. The molecule has 1 aliphatic rings. The summed E-state index contributed by atoms with van der Waals surface area (Å²) in [5.74, 6) is -1.21. The lowest BCUT2D eigenvalue weighted by molar-refractivity contribution is -0.173. The van der Waals surface area contributed by atoms with Crippen LogP contribution in [0.4, 0.5) is 23.4 Å². The third-order valence-corrected chi connectivity index (χ3v) is 5.44. The van der Waals surface area contributed by atoms with Crippen LogP contribution in [0.15, 0.2) is 54.6 Å². The van der Waals surface area contributed by atoms with Crippen LogP contribution in [0.25, 0.3) is 0 Å². The van der Waals surface area contributed by atoms with Gasteiger partial charge in [-0.05, 0) is 23.3 Å². The normalized spacial score (nSPS) is 18.2. The fraction of sp³-hybridized carbons (Fsp3) is 0.238. The van der Waals surface area contributed by atoms with E-state index in [0.29, 0.717) is 11.1 Å². The molecule has 0 unspecified atom stereocenters. The lowest BCUT2D eigenvalue weighted by Crippen LogP contribution is -2.35. The van der Waals surface area contributed by atoms with Crippen LogP contribution >= 0.6 is 11.6 Å². The molecule has 0 fully saturated rings. The van der Waals surface area contributed by atoms with E-state index in [9.17, 15) is 22.4 Å². The molecule has 0 bridgehead atoms. The molecule has 1 aliphatic heterocycles. The minimum absolute atomic E-state index is 0.0421. The zero-order valence-electron chi connectivity index (χ0n) is 16.0. The van der Waals surface area contributed by atoms with Crippen LogP contribution in [-0.2, 0) is 6.54 Å². The zero-order valence-corrected chi connectivity index (χ0v) is 16.7. The van der Waals surface area contributed by atoms with Gasteiger partial charge in [-0.15, -0.1) is 0 Å². The molecular weight excluding hydrogens is 436 g/mol. The summed E-state index contributed by atoms with van der Waals surface area (Å²) in [5, 5.41) is 9.23. The predicted molar refractivity (Wildman–Crippen MR) is 107 cm³/mol. The van der Waals surface area contributed by atoms with Crippen molar-refractivity contribution in [3.63, 3.8) is 0 Å². The lowest BCUT2D eigenvalue weighted by Gasteiger charge is -2.33. The number of carbonyl (C=O) groups is 1. The first-order valence-electron chi connectivity index (χ1n) is 9.43. The first-order chi connectivity index (χ1) is 14.7. The van der Waals surface area contributed by atoms with Crippen LogP contribution in [0.3, 0.4) is 0 Å². The molecule has 10 heteroatoms. The van der Waals surface area contributed by atoms with E-state index >= 15 is 0 Å². The van der Waals surface area contributed by atoms with E-state index in [1.807, 2.05) is 0 Å². The summed E-state index contributed by atoms with van der Waals surface area (Å²) >= 11 is 6.28. The SMILES string of the molecule is O=C(NCc1ccc(F)cc1)c1nn2c(c1Cl)N[C@H](c1ccccc1)C[C@H]2C(F)(F)F. The van der Waals surface area contributed by atoms with Crippen LogP contribution in [0.5, 0.6) is 0 Å². The van der Waals surface area contributed by atoms with E-state index in [0.717, 1.165) is 4.68 Å². The van der Waals surface area contributed by atoms with Crippen molar-refractivity contribution in [3.05, 3.63) is 82.3 Å². The third kappa shape index (κ3) is 4.36. The van der Waals surface area contributed by atoms with Crippen LogP contribution in [0, 0.1) is 5.82 Å². The molecule has 1 amide bonds. The Balaban J connectivity index is 1.62. The minimum Gasteiger partial charge on any atom is -0.362 e. The first kappa shape index (κ1) is 21.2. The number of halogens is 5. The lowest BCUT2D eigenvalue weighted by atomic mass is 9.97. The van der Waals surface area contributed by atoms with Crippen molar-refractivity contribution in [2.24, 2.45) is 0 Å². The largest absolute Gasteiger partial charge is 0.410 e. The van der Waals surface area contributed by atoms with Crippen molar-refractivity contribution in [1.82, 2.24) is 15.1 Å². The van der Waals surface area contributed by atoms with Gasteiger partial charge in [-0.3, -0.25) is 4.79 Å². The van der Waals surface area contributed by atoms with Crippen molar-refractivity contribution < 1.29 is 22.4 Å². The number of hydrogen-bond acceptors (Lipinski definition) is 3. The van der Waals surface area contributed by atoms with Gasteiger partial charge >= 0.3 is 6.18 Å². The van der Waals surface area contributed by atoms with Crippen molar-refractivity contribution in [3.8, 4) is 0 Å². The molecule has 0 saturated carbocycles. The molecular formula is C21H17ClF4N4O. The molecule has 1 aromatic heterocycles. The highest BCUT2D eigenvalue weighted by molar-refractivity contribution is 6.36. The third-order valence-electron chi connectivity index (χ3n) is 5.08. The van der Waals surface area contributed by atoms with Crippen molar-refractivity contribution in [2.45, 2.75) is 31.2 Å². The van der Waals surface area contributed by atoms with E-state index in [4.69, 9.17) is 11.6 Å². The summed E-state index contributed by atoms with van der Waals surface area (Å²) in [6.45, 7) is 0.0421. The number of carbonyl (C=O) groups excluding carboxylic acids is 1. The van der Waals surface area contributed by atoms with Crippen molar-refractivity contribution in [2.75, 3.05) is 5.32 Å². The second kappa shape index (κ2) is 8.22. The fourth-order valence-corrected chi connectivity index (χ4v) is 3.77. The maximum atomic E-state index is 13.8. The molecule has 31 heavy (non-hydrogen) atoms. The van der Waals surface area contributed by atoms with E-state index in [1.54, 1.807) is 30.3 Å². The summed E-state index contributed by atoms with van der Waals surface area (Å²) in [4.78, 5) is 12.6. The molecule has 2 N–H and O–H groups in total. The number of anilines is 1. The van der Waals surface area contributed by atoms with E-state index in [-0.39, 0.29) is 29.5 Å². The maximum absolute atomic E-state index is 13.8. The van der Waals surface area contributed by atoms with Gasteiger partial charge < -0.3 is 10.6 Å². The van der Waals surface area contributed by atoms with Crippen LogP contribution in [0.2, 0.25) is 5.02 Å². The number of rotatable bonds is 4. The Kier molecular flexibility index (Phi) is 5.62. The summed E-state index contributed by atoms with van der Waals surface area (Å²) in [6.07, 6.45) is -4.88. The average molecular weight is 453 g/mol. The van der Waals surface area contributed by atoms with Gasteiger partial charge in [-0.2, -0.15) is 18.3 Å². The van der Waals surface area contributed by atoms with Gasteiger partial charge in [0.25, 0.3) is 5.91 Å². The van der Waals surface area contributed by atoms with Crippen LogP contribution < -0.4 is 10.6 Å². The number of nitrogens with zero attached hydrogens (tertiary/aromatic N) is 2. The molecule has 3 aromatic rings. The Bertz CT molecular complexity index is 1080. The predicted octanol–water partition coefficient (Wildman–Crippen LogP) is 5.27. The molecule has 2 heterocycles. The van der Waals surface area contributed by atoms with Gasteiger partial charge in [0, 0.05) is 13.0 Å². The molecule has 0 radical (unpaired) electrons. The molecule has 5 nitrogen and oxygen atoms in total. The monoisotopic (exact) mass is 452 g/mol. The van der Waals surface area contributed by atoms with Gasteiger partial charge in [0.1, 0.15) is 16.7 Å². The van der Waals surface area contributed by atoms with E-state index < -0.39 is 30.0 Å². The van der Waals surface area contributed by atoms with Gasteiger partial charge in [0.2, 0.25) is 0 Å². The molecule has 0 spiro atoms. The summed E-state index contributed by atoms with van der Waals surface area (Å²) < 4.78 is 55.1. The highest BCUT2D eigenvalue weighted by Crippen LogP contribution is 2.46. The number of fused-ring (bicyclic) bond motifs is 1. The van der Waals surface area contributed by atoms with Crippen LogP contribution in [0.1, 0.15) is 40.1 Å². The summed E-state index contributed by atoms with van der Waals surface area (Å²) in [5.41, 5.74) is 0.974. The average Bonchev–Trinajstić information content (AvgIpc) is 3.09. The smallest absolute Gasteiger partial charge is 0.362 e. The molecule has 2 atom stereocenters. The number of alkyl halides is 3. The molecule has 4 rings (SSSR count). The topological polar surface area (TPSA) is 59.0 Å². The Labute approximate surface area is 180 Å². The molecule has 0 aliphatic carbocycles. The second-order valence-electron chi connectivity index (χ2n) is 7.17. The standard InChI is InChI=1S/C21H17ClF4N4O/c22-17-18(20(31)27-11-12-6-8-14(23)9-7-12)29-30-16(21(24,25)26)10-15(28-19(17)30)13-4-2-1-3-5-13/h1-9,15-16,28H,10-11H2,(H,27,31)/t15-,16-/m0/s1. The number of aromatic nitrogens is 2.